The van der Waals surface area contributed by atoms with Crippen molar-refractivity contribution in [1.29, 1.82) is 0 Å². The van der Waals surface area contributed by atoms with Gasteiger partial charge in [-0.05, 0) is 51.4 Å². The van der Waals surface area contributed by atoms with Gasteiger partial charge in [0.2, 0.25) is 0 Å². The van der Waals surface area contributed by atoms with Gasteiger partial charge in [-0.25, -0.2) is 4.18 Å². The molecule has 0 saturated carbocycles. The zero-order chi connectivity index (χ0) is 54.6. The Bertz CT molecular complexity index is 1440. The minimum atomic E-state index is -5.07. The van der Waals surface area contributed by atoms with Crippen LogP contribution in [0.25, 0.3) is 0 Å². The number of ether oxygens (including phenoxy) is 4. The van der Waals surface area contributed by atoms with E-state index in [-0.39, 0.29) is 19.6 Å². The molecule has 0 amide bonds. The smallest absolute Gasteiger partial charge is 0.397 e. The number of carbonyl (C=O) groups excluding carboxylic acids is 1. The second-order valence-electron chi connectivity index (χ2n) is 21.7. The number of unbranched alkanes of at least 4 members (excludes halogenated alkanes) is 37. The maximum absolute atomic E-state index is 13.0. The fourth-order valence-electron chi connectivity index (χ4n) is 9.80. The first-order chi connectivity index (χ1) is 36.6. The van der Waals surface area contributed by atoms with Gasteiger partial charge in [-0.3, -0.25) is 9.35 Å². The van der Waals surface area contributed by atoms with Crippen LogP contribution in [0.5, 0.6) is 0 Å². The maximum Gasteiger partial charge on any atom is 0.397 e. The van der Waals surface area contributed by atoms with Gasteiger partial charge in [0.1, 0.15) is 30.5 Å². The number of rotatable bonds is 56. The highest BCUT2D eigenvalue weighted by molar-refractivity contribution is 7.80. The van der Waals surface area contributed by atoms with Gasteiger partial charge in [0.25, 0.3) is 0 Å². The second kappa shape index (κ2) is 53.0. The standard InChI is InChI=1S/C62H116O12S/c1-3-5-7-9-11-13-15-17-19-21-23-25-27-29-31-33-35-37-39-41-43-45-47-49-51-58(64)72-56(55-71-62-60(66)61(74-75(67,68)69)59(65)57(53-63)73-62)54-70-52-50-48-46-44-42-40-38-36-34-32-30-28-26-24-22-20-18-16-14-12-10-8-6-4-2/h16,18,22,24,28,30,56-57,59-63,65-66H,3-15,17,19-21,23,25-27,29,31-55H2,1-2H3,(H,67,68,69)/b18-16-,24-22-,30-28-. The van der Waals surface area contributed by atoms with E-state index in [0.717, 1.165) is 57.8 Å². The normalized spacial score (nSPS) is 18.8. The van der Waals surface area contributed by atoms with Crippen LogP contribution in [0.3, 0.4) is 0 Å². The lowest BCUT2D eigenvalue weighted by molar-refractivity contribution is -0.301. The highest BCUT2D eigenvalue weighted by Crippen LogP contribution is 2.26. The highest BCUT2D eigenvalue weighted by atomic mass is 32.3. The molecule has 1 aliphatic rings. The monoisotopic (exact) mass is 1080 g/mol. The fraction of sp³-hybridized carbons (Fsp3) is 0.887. The summed E-state index contributed by atoms with van der Waals surface area (Å²) in [5, 5.41) is 30.9. The molecule has 0 aromatic rings. The topological polar surface area (TPSA) is 178 Å². The Kier molecular flexibility index (Phi) is 50.4. The number of carbonyl (C=O) groups is 1. The van der Waals surface area contributed by atoms with E-state index >= 15 is 0 Å². The Balaban J connectivity index is 2.26. The maximum atomic E-state index is 13.0. The summed E-state index contributed by atoms with van der Waals surface area (Å²) in [6.45, 7) is 4.03. The summed E-state index contributed by atoms with van der Waals surface area (Å²) in [7, 11) is -5.07. The second-order valence-corrected chi connectivity index (χ2v) is 22.7. The van der Waals surface area contributed by atoms with Gasteiger partial charge >= 0.3 is 16.4 Å². The average molecular weight is 1090 g/mol. The molecule has 1 saturated heterocycles. The van der Waals surface area contributed by atoms with Crippen LogP contribution in [0.4, 0.5) is 0 Å². The van der Waals surface area contributed by atoms with Gasteiger partial charge in [0, 0.05) is 13.0 Å². The summed E-state index contributed by atoms with van der Waals surface area (Å²) >= 11 is 0. The van der Waals surface area contributed by atoms with Crippen LogP contribution < -0.4 is 0 Å². The summed E-state index contributed by atoms with van der Waals surface area (Å²) in [6, 6.07) is 0. The van der Waals surface area contributed by atoms with Crippen molar-refractivity contribution >= 4 is 16.4 Å². The molecule has 1 heterocycles. The van der Waals surface area contributed by atoms with Crippen molar-refractivity contribution in [3.05, 3.63) is 36.5 Å². The van der Waals surface area contributed by atoms with Crippen LogP contribution in [0.15, 0.2) is 36.5 Å². The van der Waals surface area contributed by atoms with E-state index in [0.29, 0.717) is 13.0 Å². The summed E-state index contributed by atoms with van der Waals surface area (Å²) in [5.74, 6) is -0.394. The molecule has 1 rings (SSSR count). The first-order valence-electron chi connectivity index (χ1n) is 31.2. The van der Waals surface area contributed by atoms with Gasteiger partial charge in [-0.2, -0.15) is 8.42 Å². The van der Waals surface area contributed by atoms with Crippen LogP contribution in [0.1, 0.15) is 290 Å². The van der Waals surface area contributed by atoms with E-state index in [2.05, 4.69) is 54.5 Å². The van der Waals surface area contributed by atoms with E-state index in [4.69, 9.17) is 18.9 Å². The predicted octanol–water partition coefficient (Wildman–Crippen LogP) is 16.0. The summed E-state index contributed by atoms with van der Waals surface area (Å²) < 4.78 is 59.5. The molecular formula is C62H116O12S. The Morgan fingerprint density at radius 2 is 0.880 bits per heavy atom. The fourth-order valence-corrected chi connectivity index (χ4v) is 10.3. The molecule has 12 nitrogen and oxygen atoms in total. The van der Waals surface area contributed by atoms with Gasteiger partial charge < -0.3 is 34.3 Å². The zero-order valence-corrected chi connectivity index (χ0v) is 48.9. The van der Waals surface area contributed by atoms with Gasteiger partial charge in [-0.15, -0.1) is 0 Å². The largest absolute Gasteiger partial charge is 0.457 e. The lowest BCUT2D eigenvalue weighted by Crippen LogP contribution is -2.60. The molecule has 75 heavy (non-hydrogen) atoms. The third-order valence-electron chi connectivity index (χ3n) is 14.5. The molecule has 0 bridgehead atoms. The minimum absolute atomic E-state index is 0.0356. The van der Waals surface area contributed by atoms with Gasteiger partial charge in [0.15, 0.2) is 6.29 Å². The third-order valence-corrected chi connectivity index (χ3v) is 15.0. The molecule has 6 unspecified atom stereocenters. The molecular weight excluding hydrogens is 969 g/mol. The Morgan fingerprint density at radius 1 is 0.507 bits per heavy atom. The SMILES string of the molecule is CCCCCCC/C=C\C/C=C\C/C=C\CCCCCCCCCCCOCC(COC1OC(CO)C(O)C(OS(=O)(=O)O)C1O)OC(=O)CCCCCCCCCCCCCCCCCCCCCCCCCC. The van der Waals surface area contributed by atoms with E-state index in [9.17, 15) is 33.1 Å². The molecule has 0 aromatic heterocycles. The van der Waals surface area contributed by atoms with Crippen molar-refractivity contribution < 1.29 is 56.2 Å². The van der Waals surface area contributed by atoms with Crippen molar-refractivity contribution in [1.82, 2.24) is 0 Å². The van der Waals surface area contributed by atoms with Crippen molar-refractivity contribution in [2.24, 2.45) is 0 Å². The number of hydrogen-bond acceptors (Lipinski definition) is 11. The minimum Gasteiger partial charge on any atom is -0.457 e. The quantitative estimate of drug-likeness (QED) is 0.0196. The van der Waals surface area contributed by atoms with Gasteiger partial charge in [0.05, 0.1) is 19.8 Å². The Morgan fingerprint density at radius 3 is 1.28 bits per heavy atom. The summed E-state index contributed by atoms with van der Waals surface area (Å²) in [4.78, 5) is 13.0. The molecule has 0 aromatic carbocycles. The molecule has 0 aliphatic carbocycles. The number of aliphatic hydroxyl groups excluding tert-OH is 3. The molecule has 4 N–H and O–H groups in total. The highest BCUT2D eigenvalue weighted by Gasteiger charge is 2.48. The molecule has 1 fully saturated rings. The molecule has 0 spiro atoms. The van der Waals surface area contributed by atoms with Crippen molar-refractivity contribution in [2.75, 3.05) is 26.4 Å². The molecule has 13 heteroatoms. The van der Waals surface area contributed by atoms with E-state index < -0.39 is 59.8 Å². The van der Waals surface area contributed by atoms with Crippen molar-refractivity contribution in [2.45, 2.75) is 327 Å². The molecule has 1 aliphatic heterocycles. The first kappa shape index (κ1) is 71.3. The lowest BCUT2D eigenvalue weighted by atomic mass is 9.99. The number of allylic oxidation sites excluding steroid dienone is 6. The summed E-state index contributed by atoms with van der Waals surface area (Å²) in [5.41, 5.74) is 0. The van der Waals surface area contributed by atoms with Crippen molar-refractivity contribution in [3.63, 3.8) is 0 Å². The first-order valence-corrected chi connectivity index (χ1v) is 32.6. The zero-order valence-electron chi connectivity index (χ0n) is 48.1. The number of hydrogen-bond donors (Lipinski definition) is 4. The van der Waals surface area contributed by atoms with Crippen molar-refractivity contribution in [3.8, 4) is 0 Å². The number of esters is 1. The predicted molar refractivity (Wildman–Crippen MR) is 308 cm³/mol. The van der Waals surface area contributed by atoms with Gasteiger partial charge in [-0.1, -0.05) is 269 Å². The van der Waals surface area contributed by atoms with E-state index in [1.54, 1.807) is 0 Å². The van der Waals surface area contributed by atoms with Crippen LogP contribution in [-0.2, 0) is 38.3 Å². The van der Waals surface area contributed by atoms with Crippen LogP contribution in [0, 0.1) is 0 Å². The van der Waals surface area contributed by atoms with E-state index in [1.165, 1.54) is 205 Å². The Labute approximate surface area is 460 Å². The molecule has 0 radical (unpaired) electrons. The molecule has 6 atom stereocenters. The summed E-state index contributed by atoms with van der Waals surface area (Å²) in [6.07, 6.45) is 57.6. The van der Waals surface area contributed by atoms with Crippen LogP contribution in [-0.4, -0.2) is 97.5 Å². The lowest BCUT2D eigenvalue weighted by Gasteiger charge is -2.41. The van der Waals surface area contributed by atoms with Crippen LogP contribution in [0.2, 0.25) is 0 Å². The average Bonchev–Trinajstić information content (AvgIpc) is 3.39. The van der Waals surface area contributed by atoms with E-state index in [1.807, 2.05) is 0 Å². The Hall–Kier alpha value is -1.68. The third kappa shape index (κ3) is 45.8. The number of aliphatic hydroxyl groups is 3. The molecule has 442 valence electrons. The van der Waals surface area contributed by atoms with Crippen LogP contribution >= 0.6 is 0 Å².